The second-order valence-corrected chi connectivity index (χ2v) is 5.40. The lowest BCUT2D eigenvalue weighted by atomic mass is 10.0. The van der Waals surface area contributed by atoms with Crippen LogP contribution in [0.25, 0.3) is 0 Å². The number of benzene rings is 1. The molecule has 1 aromatic rings. The maximum absolute atomic E-state index is 12.2. The first-order valence-corrected chi connectivity index (χ1v) is 6.97. The van der Waals surface area contributed by atoms with Gasteiger partial charge in [-0.1, -0.05) is 11.6 Å². The SMILES string of the molecule is CC1CCCCN1C(=O)Nc1ccc(Cl)cc1C(=O)O. The Kier molecular flexibility index (Phi) is 4.49. The number of carbonyl (C=O) groups excluding carboxylic acids is 1. The number of carbonyl (C=O) groups is 2. The van der Waals surface area contributed by atoms with Crippen molar-refractivity contribution in [1.82, 2.24) is 4.90 Å². The third-order valence-electron chi connectivity index (χ3n) is 3.52. The molecule has 0 saturated carbocycles. The number of aromatic carboxylic acids is 1. The minimum absolute atomic E-state index is 0.00416. The number of hydrogen-bond acceptors (Lipinski definition) is 2. The van der Waals surface area contributed by atoms with Crippen molar-refractivity contribution in [2.75, 3.05) is 11.9 Å². The number of anilines is 1. The van der Waals surface area contributed by atoms with Crippen LogP contribution in [-0.2, 0) is 0 Å². The van der Waals surface area contributed by atoms with E-state index in [-0.39, 0.29) is 23.3 Å². The van der Waals surface area contributed by atoms with E-state index in [1.165, 1.54) is 12.1 Å². The number of piperidine rings is 1. The van der Waals surface area contributed by atoms with Crippen molar-refractivity contribution >= 4 is 29.3 Å². The van der Waals surface area contributed by atoms with Gasteiger partial charge in [-0.15, -0.1) is 0 Å². The first-order chi connectivity index (χ1) is 9.49. The van der Waals surface area contributed by atoms with Crippen LogP contribution in [0.3, 0.4) is 0 Å². The van der Waals surface area contributed by atoms with Crippen LogP contribution in [0.4, 0.5) is 10.5 Å². The van der Waals surface area contributed by atoms with Gasteiger partial charge in [-0.2, -0.15) is 0 Å². The second-order valence-electron chi connectivity index (χ2n) is 4.96. The van der Waals surface area contributed by atoms with Crippen LogP contribution in [0.15, 0.2) is 18.2 Å². The fourth-order valence-electron chi connectivity index (χ4n) is 2.39. The molecule has 1 saturated heterocycles. The molecule has 1 heterocycles. The molecular formula is C14H17ClN2O3. The molecule has 1 atom stereocenters. The quantitative estimate of drug-likeness (QED) is 0.878. The van der Waals surface area contributed by atoms with Crippen molar-refractivity contribution in [2.45, 2.75) is 32.2 Å². The highest BCUT2D eigenvalue weighted by Gasteiger charge is 2.24. The molecule has 1 unspecified atom stereocenters. The van der Waals surface area contributed by atoms with Gasteiger partial charge in [0.2, 0.25) is 0 Å². The standard InChI is InChI=1S/C14H17ClN2O3/c1-9-4-2-3-7-17(9)14(20)16-12-6-5-10(15)8-11(12)13(18)19/h5-6,8-9H,2-4,7H2,1H3,(H,16,20)(H,18,19). The molecule has 20 heavy (non-hydrogen) atoms. The van der Waals surface area contributed by atoms with Gasteiger partial charge in [-0.05, 0) is 44.4 Å². The number of likely N-dealkylation sites (tertiary alicyclic amines) is 1. The third-order valence-corrected chi connectivity index (χ3v) is 3.75. The Morgan fingerprint density at radius 3 is 2.80 bits per heavy atom. The molecule has 1 aliphatic heterocycles. The highest BCUT2D eigenvalue weighted by atomic mass is 35.5. The molecular weight excluding hydrogens is 280 g/mol. The van der Waals surface area contributed by atoms with Gasteiger partial charge in [0.1, 0.15) is 0 Å². The van der Waals surface area contributed by atoms with Crippen LogP contribution in [0.2, 0.25) is 5.02 Å². The molecule has 1 aromatic carbocycles. The van der Waals surface area contributed by atoms with Crippen molar-refractivity contribution in [3.05, 3.63) is 28.8 Å². The number of hydrogen-bond donors (Lipinski definition) is 2. The molecule has 1 fully saturated rings. The van der Waals surface area contributed by atoms with E-state index in [2.05, 4.69) is 5.32 Å². The van der Waals surface area contributed by atoms with Crippen LogP contribution in [0.5, 0.6) is 0 Å². The maximum atomic E-state index is 12.2. The summed E-state index contributed by atoms with van der Waals surface area (Å²) in [5, 5.41) is 12.1. The predicted molar refractivity (Wildman–Crippen MR) is 77.4 cm³/mol. The molecule has 2 N–H and O–H groups in total. The monoisotopic (exact) mass is 296 g/mol. The molecule has 1 aliphatic rings. The lowest BCUT2D eigenvalue weighted by Crippen LogP contribution is -2.44. The Morgan fingerprint density at radius 1 is 1.40 bits per heavy atom. The molecule has 0 radical (unpaired) electrons. The second kappa shape index (κ2) is 6.13. The van der Waals surface area contributed by atoms with Gasteiger partial charge in [0.15, 0.2) is 0 Å². The number of nitrogens with one attached hydrogen (secondary N) is 1. The smallest absolute Gasteiger partial charge is 0.337 e. The summed E-state index contributed by atoms with van der Waals surface area (Å²) < 4.78 is 0. The van der Waals surface area contributed by atoms with Gasteiger partial charge in [0.05, 0.1) is 11.3 Å². The topological polar surface area (TPSA) is 69.6 Å². The summed E-state index contributed by atoms with van der Waals surface area (Å²) in [6.45, 7) is 2.70. The molecule has 5 nitrogen and oxygen atoms in total. The molecule has 108 valence electrons. The Bertz CT molecular complexity index is 533. The molecule has 0 spiro atoms. The van der Waals surface area contributed by atoms with E-state index in [1.54, 1.807) is 11.0 Å². The minimum Gasteiger partial charge on any atom is -0.478 e. The number of urea groups is 1. The highest BCUT2D eigenvalue weighted by molar-refractivity contribution is 6.31. The van der Waals surface area contributed by atoms with Gasteiger partial charge < -0.3 is 15.3 Å². The Morgan fingerprint density at radius 2 is 2.15 bits per heavy atom. The summed E-state index contributed by atoms with van der Waals surface area (Å²) >= 11 is 5.78. The summed E-state index contributed by atoms with van der Waals surface area (Å²) in [6, 6.07) is 4.31. The van der Waals surface area contributed by atoms with E-state index in [4.69, 9.17) is 16.7 Å². The Hall–Kier alpha value is -1.75. The van der Waals surface area contributed by atoms with Crippen LogP contribution in [0, 0.1) is 0 Å². The predicted octanol–water partition coefficient (Wildman–Crippen LogP) is 3.44. The highest BCUT2D eigenvalue weighted by Crippen LogP contribution is 2.23. The number of amides is 2. The summed E-state index contributed by atoms with van der Waals surface area (Å²) in [7, 11) is 0. The van der Waals surface area contributed by atoms with Crippen molar-refractivity contribution in [3.8, 4) is 0 Å². The first kappa shape index (κ1) is 14.7. The van der Waals surface area contributed by atoms with Crippen LogP contribution < -0.4 is 5.32 Å². The molecule has 6 heteroatoms. The van der Waals surface area contributed by atoms with Gasteiger partial charge in [-0.3, -0.25) is 0 Å². The summed E-state index contributed by atoms with van der Waals surface area (Å²) in [6.07, 6.45) is 3.07. The fraction of sp³-hybridized carbons (Fsp3) is 0.429. The van der Waals surface area contributed by atoms with Gasteiger partial charge >= 0.3 is 12.0 Å². The largest absolute Gasteiger partial charge is 0.478 e. The summed E-state index contributed by atoms with van der Waals surface area (Å²) in [5.74, 6) is -1.12. The van der Waals surface area contributed by atoms with Crippen molar-refractivity contribution in [3.63, 3.8) is 0 Å². The molecule has 2 amide bonds. The first-order valence-electron chi connectivity index (χ1n) is 6.59. The number of carboxylic acid groups (broad SMARTS) is 1. The van der Waals surface area contributed by atoms with Gasteiger partial charge in [-0.25, -0.2) is 9.59 Å². The number of carboxylic acids is 1. The molecule has 0 bridgehead atoms. The Balaban J connectivity index is 2.17. The number of halogens is 1. The average Bonchev–Trinajstić information content (AvgIpc) is 2.41. The molecule has 0 aliphatic carbocycles. The zero-order chi connectivity index (χ0) is 14.7. The maximum Gasteiger partial charge on any atom is 0.337 e. The molecule has 2 rings (SSSR count). The van der Waals surface area contributed by atoms with Crippen molar-refractivity contribution in [1.29, 1.82) is 0 Å². The minimum atomic E-state index is -1.12. The fourth-order valence-corrected chi connectivity index (χ4v) is 2.56. The van der Waals surface area contributed by atoms with Crippen molar-refractivity contribution < 1.29 is 14.7 Å². The summed E-state index contributed by atoms with van der Waals surface area (Å²) in [4.78, 5) is 25.1. The van der Waals surface area contributed by atoms with E-state index in [9.17, 15) is 9.59 Å². The van der Waals surface area contributed by atoms with E-state index in [0.29, 0.717) is 11.6 Å². The van der Waals surface area contributed by atoms with Crippen LogP contribution >= 0.6 is 11.6 Å². The van der Waals surface area contributed by atoms with E-state index >= 15 is 0 Å². The van der Waals surface area contributed by atoms with Gasteiger partial charge in [0.25, 0.3) is 0 Å². The number of rotatable bonds is 2. The van der Waals surface area contributed by atoms with Crippen molar-refractivity contribution in [2.24, 2.45) is 0 Å². The van der Waals surface area contributed by atoms with E-state index < -0.39 is 5.97 Å². The number of nitrogens with zero attached hydrogens (tertiary/aromatic N) is 1. The van der Waals surface area contributed by atoms with Crippen LogP contribution in [0.1, 0.15) is 36.5 Å². The Labute approximate surface area is 122 Å². The third kappa shape index (κ3) is 3.22. The van der Waals surface area contributed by atoms with Gasteiger partial charge in [0, 0.05) is 17.6 Å². The molecule has 0 aromatic heterocycles. The average molecular weight is 297 g/mol. The van der Waals surface area contributed by atoms with E-state index in [1.807, 2.05) is 6.92 Å². The summed E-state index contributed by atoms with van der Waals surface area (Å²) in [5.41, 5.74) is 0.264. The van der Waals surface area contributed by atoms with Crippen LogP contribution in [-0.4, -0.2) is 34.6 Å². The lowest BCUT2D eigenvalue weighted by Gasteiger charge is -2.33. The zero-order valence-corrected chi connectivity index (χ0v) is 12.0. The lowest BCUT2D eigenvalue weighted by molar-refractivity contribution is 0.0698. The van der Waals surface area contributed by atoms with E-state index in [0.717, 1.165) is 19.3 Å². The zero-order valence-electron chi connectivity index (χ0n) is 11.2. The normalized spacial score (nSPS) is 18.7.